The van der Waals surface area contributed by atoms with E-state index in [1.165, 1.54) is 32.1 Å². The summed E-state index contributed by atoms with van der Waals surface area (Å²) in [7, 11) is 0. The van der Waals surface area contributed by atoms with Gasteiger partial charge in [0.1, 0.15) is 0 Å². The number of hydrogen-bond donors (Lipinski definition) is 2. The van der Waals surface area contributed by atoms with Gasteiger partial charge in [-0.25, -0.2) is 0 Å². The summed E-state index contributed by atoms with van der Waals surface area (Å²) in [5, 5.41) is 6.47. The van der Waals surface area contributed by atoms with Gasteiger partial charge in [0.25, 0.3) is 0 Å². The molecule has 5 heteroatoms. The summed E-state index contributed by atoms with van der Waals surface area (Å²) in [4.78, 5) is 14.2. The van der Waals surface area contributed by atoms with Crippen LogP contribution in [0.15, 0.2) is 0 Å². The molecule has 0 bridgehead atoms. The number of nitrogens with one attached hydrogen (secondary N) is 2. The highest BCUT2D eigenvalue weighted by atomic mass is 35.5. The lowest BCUT2D eigenvalue weighted by molar-refractivity contribution is -0.123. The van der Waals surface area contributed by atoms with Gasteiger partial charge in [0.2, 0.25) is 5.91 Å². The van der Waals surface area contributed by atoms with E-state index in [-0.39, 0.29) is 18.3 Å². The highest BCUT2D eigenvalue weighted by molar-refractivity contribution is 5.85. The Morgan fingerprint density at radius 1 is 1.32 bits per heavy atom. The Bertz CT molecular complexity index is 269. The molecule has 112 valence electrons. The van der Waals surface area contributed by atoms with Crippen molar-refractivity contribution in [2.24, 2.45) is 5.92 Å². The van der Waals surface area contributed by atoms with Crippen LogP contribution in [0.25, 0.3) is 0 Å². The largest absolute Gasteiger partial charge is 0.355 e. The molecule has 1 saturated carbocycles. The number of piperazine rings is 1. The molecular weight excluding hydrogens is 262 g/mol. The molecule has 1 aliphatic carbocycles. The summed E-state index contributed by atoms with van der Waals surface area (Å²) >= 11 is 0. The first kappa shape index (κ1) is 16.7. The van der Waals surface area contributed by atoms with E-state index < -0.39 is 0 Å². The molecule has 1 atom stereocenters. The normalized spacial score (nSPS) is 25.6. The quantitative estimate of drug-likeness (QED) is 0.822. The maximum absolute atomic E-state index is 11.9. The van der Waals surface area contributed by atoms with Crippen molar-refractivity contribution < 1.29 is 4.79 Å². The molecule has 1 heterocycles. The molecule has 2 rings (SSSR count). The lowest BCUT2D eigenvalue weighted by Crippen LogP contribution is -2.53. The van der Waals surface area contributed by atoms with Crippen LogP contribution in [0, 0.1) is 5.92 Å². The van der Waals surface area contributed by atoms with Crippen LogP contribution in [0.2, 0.25) is 0 Å². The molecule has 1 aliphatic heterocycles. The molecule has 0 aromatic rings. The zero-order valence-corrected chi connectivity index (χ0v) is 12.8. The SMILES string of the molecule is C[C@H]1CNCCN1CC(=O)NCC1CCCCC1.Cl. The summed E-state index contributed by atoms with van der Waals surface area (Å²) in [6, 6.07) is 0.471. The van der Waals surface area contributed by atoms with Crippen molar-refractivity contribution in [3.63, 3.8) is 0 Å². The van der Waals surface area contributed by atoms with Crippen LogP contribution in [-0.2, 0) is 4.79 Å². The Labute approximate surface area is 123 Å². The lowest BCUT2D eigenvalue weighted by Gasteiger charge is -2.33. The van der Waals surface area contributed by atoms with E-state index in [0.29, 0.717) is 12.6 Å². The molecular formula is C14H28ClN3O. The van der Waals surface area contributed by atoms with Crippen LogP contribution in [0.4, 0.5) is 0 Å². The van der Waals surface area contributed by atoms with Gasteiger partial charge in [0.05, 0.1) is 6.54 Å². The van der Waals surface area contributed by atoms with E-state index in [2.05, 4.69) is 22.5 Å². The van der Waals surface area contributed by atoms with Crippen molar-refractivity contribution in [2.75, 3.05) is 32.7 Å². The van der Waals surface area contributed by atoms with E-state index >= 15 is 0 Å². The predicted molar refractivity (Wildman–Crippen MR) is 80.7 cm³/mol. The number of amides is 1. The third-order valence-corrected chi connectivity index (χ3v) is 4.30. The fourth-order valence-electron chi connectivity index (χ4n) is 3.01. The second-order valence-corrected chi connectivity index (χ2v) is 5.83. The lowest BCUT2D eigenvalue weighted by atomic mass is 9.89. The Morgan fingerprint density at radius 3 is 2.74 bits per heavy atom. The van der Waals surface area contributed by atoms with E-state index in [0.717, 1.165) is 32.1 Å². The predicted octanol–water partition coefficient (Wildman–Crippen LogP) is 1.40. The van der Waals surface area contributed by atoms with Crippen LogP contribution in [0.3, 0.4) is 0 Å². The molecule has 1 amide bonds. The Balaban J connectivity index is 0.00000180. The fourth-order valence-corrected chi connectivity index (χ4v) is 3.01. The third kappa shape index (κ3) is 5.67. The maximum Gasteiger partial charge on any atom is 0.234 e. The van der Waals surface area contributed by atoms with E-state index in [9.17, 15) is 4.79 Å². The first-order valence-electron chi connectivity index (χ1n) is 7.47. The van der Waals surface area contributed by atoms with E-state index in [4.69, 9.17) is 0 Å². The molecule has 0 aromatic carbocycles. The molecule has 19 heavy (non-hydrogen) atoms. The number of halogens is 1. The number of carbonyl (C=O) groups excluding carboxylic acids is 1. The van der Waals surface area contributed by atoms with Crippen molar-refractivity contribution in [3.8, 4) is 0 Å². The number of nitrogens with zero attached hydrogens (tertiary/aromatic N) is 1. The summed E-state index contributed by atoms with van der Waals surface area (Å²) in [6.07, 6.45) is 6.65. The molecule has 0 spiro atoms. The number of rotatable bonds is 4. The summed E-state index contributed by atoms with van der Waals surface area (Å²) in [5.74, 6) is 0.928. The van der Waals surface area contributed by atoms with Crippen LogP contribution in [0.1, 0.15) is 39.0 Å². The van der Waals surface area contributed by atoms with Gasteiger partial charge >= 0.3 is 0 Å². The van der Waals surface area contributed by atoms with Crippen molar-refractivity contribution in [1.82, 2.24) is 15.5 Å². The number of hydrogen-bond acceptors (Lipinski definition) is 3. The van der Waals surface area contributed by atoms with Crippen LogP contribution >= 0.6 is 12.4 Å². The minimum atomic E-state index is 0. The Morgan fingerprint density at radius 2 is 2.05 bits per heavy atom. The highest BCUT2D eigenvalue weighted by Gasteiger charge is 2.20. The van der Waals surface area contributed by atoms with Crippen LogP contribution in [0.5, 0.6) is 0 Å². The maximum atomic E-state index is 11.9. The molecule has 2 aliphatic rings. The first-order chi connectivity index (χ1) is 8.75. The third-order valence-electron chi connectivity index (χ3n) is 4.30. The molecule has 2 fully saturated rings. The standard InChI is InChI=1S/C14H27N3O.ClH/c1-12-9-15-7-8-17(12)11-14(18)16-10-13-5-3-2-4-6-13;/h12-13,15H,2-11H2,1H3,(H,16,18);1H/t12-;/m0./s1. The fraction of sp³-hybridized carbons (Fsp3) is 0.929. The second-order valence-electron chi connectivity index (χ2n) is 5.83. The van der Waals surface area contributed by atoms with Crippen LogP contribution < -0.4 is 10.6 Å². The monoisotopic (exact) mass is 289 g/mol. The van der Waals surface area contributed by atoms with Gasteiger partial charge in [-0.2, -0.15) is 0 Å². The average Bonchev–Trinajstić information content (AvgIpc) is 2.40. The zero-order valence-electron chi connectivity index (χ0n) is 12.0. The minimum absolute atomic E-state index is 0. The van der Waals surface area contributed by atoms with Crippen LogP contribution in [-0.4, -0.2) is 49.6 Å². The van der Waals surface area contributed by atoms with Gasteiger partial charge in [-0.3, -0.25) is 9.69 Å². The Kier molecular flexibility index (Phi) is 7.73. The molecule has 2 N–H and O–H groups in total. The zero-order chi connectivity index (χ0) is 12.8. The minimum Gasteiger partial charge on any atom is -0.355 e. The van der Waals surface area contributed by atoms with Gasteiger partial charge in [-0.15, -0.1) is 12.4 Å². The topological polar surface area (TPSA) is 44.4 Å². The van der Waals surface area contributed by atoms with Gasteiger partial charge < -0.3 is 10.6 Å². The molecule has 1 saturated heterocycles. The first-order valence-corrected chi connectivity index (χ1v) is 7.47. The number of carbonyl (C=O) groups is 1. The van der Waals surface area contributed by atoms with E-state index in [1.807, 2.05) is 0 Å². The highest BCUT2D eigenvalue weighted by Crippen LogP contribution is 2.22. The van der Waals surface area contributed by atoms with Crippen molar-refractivity contribution in [3.05, 3.63) is 0 Å². The average molecular weight is 290 g/mol. The van der Waals surface area contributed by atoms with Gasteiger partial charge in [-0.1, -0.05) is 19.3 Å². The van der Waals surface area contributed by atoms with E-state index in [1.54, 1.807) is 0 Å². The molecule has 0 aromatic heterocycles. The summed E-state index contributed by atoms with van der Waals surface area (Å²) in [6.45, 7) is 6.61. The van der Waals surface area contributed by atoms with Gasteiger partial charge in [0, 0.05) is 32.2 Å². The van der Waals surface area contributed by atoms with Crippen molar-refractivity contribution in [2.45, 2.75) is 45.1 Å². The smallest absolute Gasteiger partial charge is 0.234 e. The summed E-state index contributed by atoms with van der Waals surface area (Å²) < 4.78 is 0. The molecule has 0 unspecified atom stereocenters. The Hall–Kier alpha value is -0.320. The van der Waals surface area contributed by atoms with Crippen molar-refractivity contribution in [1.29, 1.82) is 0 Å². The van der Waals surface area contributed by atoms with Gasteiger partial charge in [-0.05, 0) is 25.7 Å². The molecule has 0 radical (unpaired) electrons. The van der Waals surface area contributed by atoms with Gasteiger partial charge in [0.15, 0.2) is 0 Å². The second kappa shape index (κ2) is 8.77. The molecule has 4 nitrogen and oxygen atoms in total. The summed E-state index contributed by atoms with van der Waals surface area (Å²) in [5.41, 5.74) is 0. The van der Waals surface area contributed by atoms with Crippen molar-refractivity contribution >= 4 is 18.3 Å².